The molecule has 0 bridgehead atoms. The van der Waals surface area contributed by atoms with Crippen LogP contribution in [0.15, 0.2) is 12.1 Å². The second-order valence-corrected chi connectivity index (χ2v) is 2.61. The van der Waals surface area contributed by atoms with Gasteiger partial charge in [0.2, 0.25) is 5.88 Å². The van der Waals surface area contributed by atoms with Crippen molar-refractivity contribution >= 4 is 11.9 Å². The summed E-state index contributed by atoms with van der Waals surface area (Å²) in [6, 6.07) is 2.82. The van der Waals surface area contributed by atoms with Crippen molar-refractivity contribution in [3.63, 3.8) is 0 Å². The van der Waals surface area contributed by atoms with Gasteiger partial charge < -0.3 is 15.2 Å². The van der Waals surface area contributed by atoms with Crippen LogP contribution in [0.3, 0.4) is 0 Å². The van der Waals surface area contributed by atoms with Crippen LogP contribution in [0.1, 0.15) is 20.8 Å². The number of carbonyl (C=O) groups is 2. The van der Waals surface area contributed by atoms with E-state index in [1.165, 1.54) is 26.4 Å². The highest BCUT2D eigenvalue weighted by atomic mass is 16.5. The second-order valence-electron chi connectivity index (χ2n) is 2.61. The van der Waals surface area contributed by atoms with Crippen molar-refractivity contribution in [3.8, 4) is 5.88 Å². The maximum Gasteiger partial charge on any atom is 0.340 e. The minimum atomic E-state index is -0.811. The van der Waals surface area contributed by atoms with Gasteiger partial charge in [-0.25, -0.2) is 9.78 Å². The Labute approximate surface area is 86.0 Å². The SMILES string of the molecule is COC(=O)c1ccc(OC)nc1C(N)=O. The van der Waals surface area contributed by atoms with Gasteiger partial charge in [-0.2, -0.15) is 0 Å². The zero-order valence-electron chi connectivity index (χ0n) is 8.31. The van der Waals surface area contributed by atoms with Gasteiger partial charge in [-0.3, -0.25) is 4.79 Å². The highest BCUT2D eigenvalue weighted by Gasteiger charge is 2.18. The van der Waals surface area contributed by atoms with E-state index >= 15 is 0 Å². The summed E-state index contributed by atoms with van der Waals surface area (Å²) in [7, 11) is 2.60. The van der Waals surface area contributed by atoms with Crippen LogP contribution in [0.25, 0.3) is 0 Å². The molecule has 0 spiro atoms. The number of amides is 1. The Morgan fingerprint density at radius 3 is 2.47 bits per heavy atom. The van der Waals surface area contributed by atoms with Gasteiger partial charge in [-0.15, -0.1) is 0 Å². The van der Waals surface area contributed by atoms with Crippen molar-refractivity contribution in [2.75, 3.05) is 14.2 Å². The fraction of sp³-hybridized carbons (Fsp3) is 0.222. The largest absolute Gasteiger partial charge is 0.481 e. The van der Waals surface area contributed by atoms with Crippen LogP contribution in [-0.2, 0) is 4.74 Å². The molecule has 1 aromatic heterocycles. The predicted molar refractivity (Wildman–Crippen MR) is 50.6 cm³/mol. The van der Waals surface area contributed by atoms with E-state index in [9.17, 15) is 9.59 Å². The molecule has 2 N–H and O–H groups in total. The number of hydrogen-bond acceptors (Lipinski definition) is 5. The van der Waals surface area contributed by atoms with Gasteiger partial charge in [0.1, 0.15) is 5.69 Å². The Morgan fingerprint density at radius 1 is 1.33 bits per heavy atom. The van der Waals surface area contributed by atoms with E-state index in [4.69, 9.17) is 10.5 Å². The molecule has 0 aliphatic rings. The Morgan fingerprint density at radius 2 is 2.00 bits per heavy atom. The molecule has 1 rings (SSSR count). The van der Waals surface area contributed by atoms with E-state index in [0.29, 0.717) is 0 Å². The van der Waals surface area contributed by atoms with Crippen LogP contribution in [0.4, 0.5) is 0 Å². The normalized spacial score (nSPS) is 9.47. The van der Waals surface area contributed by atoms with Crippen molar-refractivity contribution in [3.05, 3.63) is 23.4 Å². The van der Waals surface area contributed by atoms with Crippen LogP contribution < -0.4 is 10.5 Å². The Hall–Kier alpha value is -2.11. The molecule has 0 aliphatic carbocycles. The average molecular weight is 210 g/mol. The van der Waals surface area contributed by atoms with Crippen LogP contribution in [0.5, 0.6) is 5.88 Å². The van der Waals surface area contributed by atoms with E-state index in [1.807, 2.05) is 0 Å². The lowest BCUT2D eigenvalue weighted by atomic mass is 10.2. The van der Waals surface area contributed by atoms with Gasteiger partial charge in [-0.05, 0) is 6.07 Å². The summed E-state index contributed by atoms with van der Waals surface area (Å²) < 4.78 is 9.28. The molecule has 0 fully saturated rings. The molecule has 0 atom stereocenters. The van der Waals surface area contributed by atoms with Crippen molar-refractivity contribution in [1.82, 2.24) is 4.98 Å². The summed E-state index contributed by atoms with van der Waals surface area (Å²) >= 11 is 0. The fourth-order valence-electron chi connectivity index (χ4n) is 1.02. The first-order valence-corrected chi connectivity index (χ1v) is 4.03. The summed E-state index contributed by atoms with van der Waals surface area (Å²) in [5.74, 6) is -1.27. The van der Waals surface area contributed by atoms with E-state index in [0.717, 1.165) is 0 Å². The van der Waals surface area contributed by atoms with Crippen molar-refractivity contribution < 1.29 is 19.1 Å². The van der Waals surface area contributed by atoms with E-state index in [2.05, 4.69) is 9.72 Å². The van der Waals surface area contributed by atoms with Gasteiger partial charge in [-0.1, -0.05) is 0 Å². The highest BCUT2D eigenvalue weighted by molar-refractivity contribution is 6.03. The number of esters is 1. The third kappa shape index (κ3) is 2.22. The number of ether oxygens (including phenoxy) is 2. The van der Waals surface area contributed by atoms with E-state index in [-0.39, 0.29) is 17.1 Å². The summed E-state index contributed by atoms with van der Waals surface area (Å²) in [5.41, 5.74) is 4.92. The maximum absolute atomic E-state index is 11.2. The first-order valence-electron chi connectivity index (χ1n) is 4.03. The van der Waals surface area contributed by atoms with Crippen molar-refractivity contribution in [1.29, 1.82) is 0 Å². The molecule has 15 heavy (non-hydrogen) atoms. The first-order chi connectivity index (χ1) is 7.10. The summed E-state index contributed by atoms with van der Waals surface area (Å²) in [6.45, 7) is 0. The van der Waals surface area contributed by atoms with Gasteiger partial charge in [0.05, 0.1) is 19.8 Å². The number of pyridine rings is 1. The van der Waals surface area contributed by atoms with Gasteiger partial charge >= 0.3 is 5.97 Å². The molecule has 1 amide bonds. The molecule has 6 heteroatoms. The zero-order chi connectivity index (χ0) is 11.4. The Balaban J connectivity index is 3.27. The standard InChI is InChI=1S/C9H10N2O4/c1-14-6-4-3-5(9(13)15-2)7(11-6)8(10)12/h3-4H,1-2H3,(H2,10,12). The predicted octanol–water partition coefficient (Wildman–Crippen LogP) is -0.0243. The van der Waals surface area contributed by atoms with E-state index < -0.39 is 11.9 Å². The number of hydrogen-bond donors (Lipinski definition) is 1. The molecule has 6 nitrogen and oxygen atoms in total. The monoisotopic (exact) mass is 210 g/mol. The number of nitrogens with zero attached hydrogens (tertiary/aromatic N) is 1. The summed E-state index contributed by atoms with van der Waals surface area (Å²) in [5, 5.41) is 0. The summed E-state index contributed by atoms with van der Waals surface area (Å²) in [4.78, 5) is 26.0. The molecule has 0 radical (unpaired) electrons. The van der Waals surface area contributed by atoms with Crippen LogP contribution in [0, 0.1) is 0 Å². The molecular weight excluding hydrogens is 200 g/mol. The zero-order valence-corrected chi connectivity index (χ0v) is 8.31. The number of primary amides is 1. The van der Waals surface area contributed by atoms with Crippen LogP contribution >= 0.6 is 0 Å². The van der Waals surface area contributed by atoms with Crippen molar-refractivity contribution in [2.45, 2.75) is 0 Å². The maximum atomic E-state index is 11.2. The number of carbonyl (C=O) groups excluding carboxylic acids is 2. The van der Waals surface area contributed by atoms with Gasteiger partial charge in [0, 0.05) is 6.07 Å². The Bertz CT molecular complexity index is 403. The third-order valence-electron chi connectivity index (χ3n) is 1.72. The molecule has 1 aromatic rings. The molecule has 0 unspecified atom stereocenters. The number of nitrogens with two attached hydrogens (primary N) is 1. The molecule has 0 saturated heterocycles. The molecule has 1 heterocycles. The fourth-order valence-corrected chi connectivity index (χ4v) is 1.02. The van der Waals surface area contributed by atoms with Gasteiger partial charge in [0.25, 0.3) is 5.91 Å². The molecular formula is C9H10N2O4. The molecule has 80 valence electrons. The minimum Gasteiger partial charge on any atom is -0.481 e. The average Bonchev–Trinajstić information content (AvgIpc) is 2.27. The quantitative estimate of drug-likeness (QED) is 0.707. The molecule has 0 aromatic carbocycles. The number of rotatable bonds is 3. The lowest BCUT2D eigenvalue weighted by Crippen LogP contribution is -2.19. The lowest BCUT2D eigenvalue weighted by molar-refractivity contribution is 0.0596. The Kier molecular flexibility index (Phi) is 3.22. The minimum absolute atomic E-state index is 0.0193. The van der Waals surface area contributed by atoms with Crippen LogP contribution in [-0.4, -0.2) is 31.1 Å². The number of aromatic nitrogens is 1. The lowest BCUT2D eigenvalue weighted by Gasteiger charge is -2.05. The van der Waals surface area contributed by atoms with Gasteiger partial charge in [0.15, 0.2) is 0 Å². The topological polar surface area (TPSA) is 91.5 Å². The van der Waals surface area contributed by atoms with Crippen molar-refractivity contribution in [2.24, 2.45) is 5.73 Å². The highest BCUT2D eigenvalue weighted by Crippen LogP contribution is 2.13. The second kappa shape index (κ2) is 4.41. The van der Waals surface area contributed by atoms with Crippen LogP contribution in [0.2, 0.25) is 0 Å². The number of methoxy groups -OCH3 is 2. The molecule has 0 saturated carbocycles. The smallest absolute Gasteiger partial charge is 0.340 e. The van der Waals surface area contributed by atoms with E-state index in [1.54, 1.807) is 0 Å². The first kappa shape index (κ1) is 11.0. The molecule has 0 aliphatic heterocycles. The summed E-state index contributed by atoms with van der Waals surface area (Å²) in [6.07, 6.45) is 0. The third-order valence-corrected chi connectivity index (χ3v) is 1.72.